The van der Waals surface area contributed by atoms with Crippen molar-refractivity contribution >= 4 is 33.5 Å². The van der Waals surface area contributed by atoms with Crippen LogP contribution in [0.4, 0.5) is 10.1 Å². The molecular weight excluding hydrogens is 559 g/mol. The largest absolute Gasteiger partial charge is 0.492 e. The van der Waals surface area contributed by atoms with E-state index in [1.165, 1.54) is 25.0 Å². The third-order valence-electron chi connectivity index (χ3n) is 7.87. The lowest BCUT2D eigenvalue weighted by molar-refractivity contribution is -0.115. The Morgan fingerprint density at radius 3 is 2.77 bits per heavy atom. The number of fused-ring (bicyclic) bond motifs is 2. The lowest BCUT2D eigenvalue weighted by atomic mass is 10.1. The molecule has 6 aromatic rings. The van der Waals surface area contributed by atoms with E-state index in [4.69, 9.17) is 9.72 Å². The Kier molecular flexibility index (Phi) is 7.45. The molecule has 6 heterocycles. The highest BCUT2D eigenvalue weighted by atomic mass is 19.1. The van der Waals surface area contributed by atoms with Gasteiger partial charge in [0.05, 0.1) is 34.5 Å². The minimum absolute atomic E-state index is 0.0864. The van der Waals surface area contributed by atoms with E-state index in [9.17, 15) is 9.18 Å². The molecule has 0 spiro atoms. The number of ether oxygens (including phenoxy) is 1. The number of pyridine rings is 3. The van der Waals surface area contributed by atoms with Gasteiger partial charge in [0.2, 0.25) is 5.91 Å². The molecule has 0 saturated carbocycles. The number of aromatic amines is 2. The van der Waals surface area contributed by atoms with Gasteiger partial charge in [0.25, 0.3) is 0 Å². The molecule has 0 atom stereocenters. The first-order valence-corrected chi connectivity index (χ1v) is 14.8. The Hall–Kier alpha value is -5.16. The van der Waals surface area contributed by atoms with E-state index in [1.807, 2.05) is 36.4 Å². The molecule has 1 fully saturated rings. The minimum Gasteiger partial charge on any atom is -0.492 e. The normalized spacial score (nSPS) is 13.6. The topological polar surface area (TPSA) is 125 Å². The molecule has 10 nitrogen and oxygen atoms in total. The fourth-order valence-corrected chi connectivity index (χ4v) is 5.64. The van der Waals surface area contributed by atoms with E-state index in [1.54, 1.807) is 25.5 Å². The predicted molar refractivity (Wildman–Crippen MR) is 168 cm³/mol. The molecule has 5 aromatic heterocycles. The molecule has 0 aliphatic carbocycles. The zero-order chi connectivity index (χ0) is 30.0. The Morgan fingerprint density at radius 1 is 1.02 bits per heavy atom. The van der Waals surface area contributed by atoms with Gasteiger partial charge in [-0.2, -0.15) is 5.10 Å². The summed E-state index contributed by atoms with van der Waals surface area (Å²) in [5, 5.41) is 11.3. The van der Waals surface area contributed by atoms with E-state index < -0.39 is 0 Å². The highest BCUT2D eigenvalue weighted by Gasteiger charge is 2.17. The van der Waals surface area contributed by atoms with E-state index in [-0.39, 0.29) is 11.7 Å². The number of likely N-dealkylation sites (tertiary alicyclic amines) is 1. The van der Waals surface area contributed by atoms with Crippen molar-refractivity contribution in [1.29, 1.82) is 0 Å². The Morgan fingerprint density at radius 2 is 1.91 bits per heavy atom. The Labute approximate surface area is 252 Å². The summed E-state index contributed by atoms with van der Waals surface area (Å²) in [4.78, 5) is 31.5. The first kappa shape index (κ1) is 27.7. The molecule has 7 rings (SSSR count). The third kappa shape index (κ3) is 5.61. The van der Waals surface area contributed by atoms with Gasteiger partial charge in [0, 0.05) is 53.5 Å². The van der Waals surface area contributed by atoms with Crippen LogP contribution in [-0.4, -0.2) is 67.2 Å². The molecule has 0 unspecified atom stereocenters. The van der Waals surface area contributed by atoms with Crippen molar-refractivity contribution in [3.8, 4) is 39.7 Å². The van der Waals surface area contributed by atoms with Gasteiger partial charge in [-0.3, -0.25) is 24.8 Å². The third-order valence-corrected chi connectivity index (χ3v) is 7.87. The fourth-order valence-electron chi connectivity index (χ4n) is 5.64. The zero-order valence-electron chi connectivity index (χ0n) is 24.2. The average Bonchev–Trinajstić information content (AvgIpc) is 3.80. The summed E-state index contributed by atoms with van der Waals surface area (Å²) in [7, 11) is 0. The summed E-state index contributed by atoms with van der Waals surface area (Å²) >= 11 is 0. The molecule has 1 saturated heterocycles. The summed E-state index contributed by atoms with van der Waals surface area (Å²) in [6.07, 6.45) is 7.83. The van der Waals surface area contributed by atoms with E-state index in [0.29, 0.717) is 52.6 Å². The second-order valence-electron chi connectivity index (χ2n) is 10.9. The standard InChI is InChI=1S/C33H31FN8O2/c1-2-30(43)37-23-14-21(18-35-19-23)26-5-6-28-32(39-26)33(41-40-28)29-17-25-27(38-29)7-8-36-31(25)20-13-22(34)16-24(15-20)44-12-11-42-9-3-4-10-42/h5-8,13-19,38H,2-4,9-12H2,1H3,(H,37,43)(H,40,41). The first-order chi connectivity index (χ1) is 21.5. The molecular formula is C33H31FN8O2. The van der Waals surface area contributed by atoms with Crippen molar-refractivity contribution in [3.63, 3.8) is 0 Å². The summed E-state index contributed by atoms with van der Waals surface area (Å²) in [5.41, 5.74) is 6.99. The van der Waals surface area contributed by atoms with Gasteiger partial charge in [0.15, 0.2) is 0 Å². The Bertz CT molecular complexity index is 1980. The number of amides is 1. The van der Waals surface area contributed by atoms with Crippen LogP contribution in [-0.2, 0) is 4.79 Å². The highest BCUT2D eigenvalue weighted by molar-refractivity contribution is 5.99. The number of rotatable bonds is 9. The van der Waals surface area contributed by atoms with E-state index in [2.05, 4.69) is 35.4 Å². The van der Waals surface area contributed by atoms with E-state index >= 15 is 0 Å². The van der Waals surface area contributed by atoms with Crippen molar-refractivity contribution in [1.82, 2.24) is 35.0 Å². The fraction of sp³-hybridized carbons (Fsp3) is 0.242. The molecule has 11 heteroatoms. The van der Waals surface area contributed by atoms with Gasteiger partial charge in [-0.1, -0.05) is 6.92 Å². The number of benzene rings is 1. The summed E-state index contributed by atoms with van der Waals surface area (Å²) < 4.78 is 20.7. The number of nitrogens with zero attached hydrogens (tertiary/aromatic N) is 5. The maximum Gasteiger partial charge on any atom is 0.224 e. The zero-order valence-corrected chi connectivity index (χ0v) is 24.2. The number of halogens is 1. The maximum absolute atomic E-state index is 14.8. The van der Waals surface area contributed by atoms with Gasteiger partial charge < -0.3 is 15.0 Å². The number of carbonyl (C=O) groups is 1. The van der Waals surface area contributed by atoms with Crippen LogP contribution in [0.15, 0.2) is 67.1 Å². The number of H-pyrrole nitrogens is 2. The van der Waals surface area contributed by atoms with Crippen LogP contribution in [0.3, 0.4) is 0 Å². The number of nitrogens with one attached hydrogen (secondary N) is 3. The van der Waals surface area contributed by atoms with Gasteiger partial charge in [-0.05, 0) is 68.4 Å². The van der Waals surface area contributed by atoms with Crippen molar-refractivity contribution < 1.29 is 13.9 Å². The van der Waals surface area contributed by atoms with Crippen molar-refractivity contribution in [2.24, 2.45) is 0 Å². The second-order valence-corrected chi connectivity index (χ2v) is 10.9. The molecule has 1 aliphatic heterocycles. The SMILES string of the molecule is CCC(=O)Nc1cncc(-c2ccc3[nH]nc(-c4cc5c(-c6cc(F)cc(OCCN7CCCC7)c6)nccc5[nH]4)c3n2)c1. The van der Waals surface area contributed by atoms with Crippen molar-refractivity contribution in [3.05, 3.63) is 72.9 Å². The van der Waals surface area contributed by atoms with Gasteiger partial charge in [-0.25, -0.2) is 9.37 Å². The number of carbonyl (C=O) groups excluding carboxylic acids is 1. The average molecular weight is 591 g/mol. The van der Waals surface area contributed by atoms with Crippen LogP contribution in [0.1, 0.15) is 26.2 Å². The molecule has 0 bridgehead atoms. The number of aromatic nitrogens is 6. The molecule has 1 amide bonds. The second kappa shape index (κ2) is 11.8. The molecule has 1 aliphatic rings. The molecule has 1 aromatic carbocycles. The summed E-state index contributed by atoms with van der Waals surface area (Å²) in [5.74, 6) is 0.0179. The van der Waals surface area contributed by atoms with Crippen LogP contribution >= 0.6 is 0 Å². The maximum atomic E-state index is 14.8. The van der Waals surface area contributed by atoms with Gasteiger partial charge in [-0.15, -0.1) is 0 Å². The van der Waals surface area contributed by atoms with Gasteiger partial charge in [0.1, 0.15) is 29.4 Å². The highest BCUT2D eigenvalue weighted by Crippen LogP contribution is 2.34. The van der Waals surface area contributed by atoms with Crippen LogP contribution in [0.25, 0.3) is 55.8 Å². The lowest BCUT2D eigenvalue weighted by Gasteiger charge is -2.15. The smallest absolute Gasteiger partial charge is 0.224 e. The number of hydrogen-bond donors (Lipinski definition) is 3. The molecule has 0 radical (unpaired) electrons. The number of anilines is 1. The van der Waals surface area contributed by atoms with Crippen LogP contribution in [0.5, 0.6) is 5.75 Å². The van der Waals surface area contributed by atoms with Crippen LogP contribution in [0, 0.1) is 5.82 Å². The van der Waals surface area contributed by atoms with E-state index in [0.717, 1.165) is 47.3 Å². The molecule has 44 heavy (non-hydrogen) atoms. The summed E-state index contributed by atoms with van der Waals surface area (Å²) in [6, 6.07) is 14.2. The lowest BCUT2D eigenvalue weighted by Crippen LogP contribution is -2.25. The monoisotopic (exact) mass is 590 g/mol. The first-order valence-electron chi connectivity index (χ1n) is 14.8. The molecule has 3 N–H and O–H groups in total. The molecule has 222 valence electrons. The van der Waals surface area contributed by atoms with Crippen molar-refractivity contribution in [2.75, 3.05) is 31.6 Å². The Balaban J connectivity index is 1.20. The van der Waals surface area contributed by atoms with Crippen molar-refractivity contribution in [2.45, 2.75) is 26.2 Å². The quantitative estimate of drug-likeness (QED) is 0.183. The van der Waals surface area contributed by atoms with Crippen LogP contribution in [0.2, 0.25) is 0 Å². The minimum atomic E-state index is -0.379. The number of hydrogen-bond acceptors (Lipinski definition) is 7. The van der Waals surface area contributed by atoms with Crippen LogP contribution < -0.4 is 10.1 Å². The van der Waals surface area contributed by atoms with Gasteiger partial charge >= 0.3 is 0 Å². The predicted octanol–water partition coefficient (Wildman–Crippen LogP) is 6.19. The summed E-state index contributed by atoms with van der Waals surface area (Å²) in [6.45, 7) is 5.30.